The second kappa shape index (κ2) is 6.20. The summed E-state index contributed by atoms with van der Waals surface area (Å²) in [5.41, 5.74) is 3.61. The first-order chi connectivity index (χ1) is 8.70. The monoisotopic (exact) mass is 262 g/mol. The minimum absolute atomic E-state index is 0.0405. The Labute approximate surface area is 116 Å². The number of nitrogens with one attached hydrogen (secondary N) is 2. The maximum Gasteiger partial charge on any atom is 0.237 e. The Bertz CT molecular complexity index is 426. The van der Waals surface area contributed by atoms with E-state index >= 15 is 0 Å². The number of benzene rings is 1. The van der Waals surface area contributed by atoms with Crippen LogP contribution < -0.4 is 10.6 Å². The molecule has 0 saturated heterocycles. The molecule has 0 bridgehead atoms. The van der Waals surface area contributed by atoms with E-state index in [9.17, 15) is 4.79 Å². The molecule has 1 rings (SSSR count). The Morgan fingerprint density at radius 1 is 1.21 bits per heavy atom. The standard InChI is InChI=1S/C16H26N2O/c1-11-8-7-9-12(2)14(11)10-17-13(3)15(19)18-16(4,5)6/h7-9,13,17H,10H2,1-6H3,(H,18,19). The van der Waals surface area contributed by atoms with Gasteiger partial charge in [0.05, 0.1) is 6.04 Å². The summed E-state index contributed by atoms with van der Waals surface area (Å²) in [5, 5.41) is 6.27. The summed E-state index contributed by atoms with van der Waals surface area (Å²) in [7, 11) is 0. The zero-order chi connectivity index (χ0) is 14.6. The summed E-state index contributed by atoms with van der Waals surface area (Å²) in [6, 6.07) is 6.07. The average Bonchev–Trinajstić information content (AvgIpc) is 2.25. The van der Waals surface area contributed by atoms with Crippen LogP contribution in [0.2, 0.25) is 0 Å². The lowest BCUT2D eigenvalue weighted by atomic mass is 10.0. The summed E-state index contributed by atoms with van der Waals surface area (Å²) in [5.74, 6) is 0.0405. The largest absolute Gasteiger partial charge is 0.350 e. The van der Waals surface area contributed by atoms with Gasteiger partial charge in [0, 0.05) is 12.1 Å². The SMILES string of the molecule is Cc1cccc(C)c1CNC(C)C(=O)NC(C)(C)C. The van der Waals surface area contributed by atoms with E-state index in [0.29, 0.717) is 0 Å². The minimum atomic E-state index is -0.196. The molecule has 0 saturated carbocycles. The number of hydrogen-bond donors (Lipinski definition) is 2. The molecule has 19 heavy (non-hydrogen) atoms. The van der Waals surface area contributed by atoms with Gasteiger partial charge in [0.15, 0.2) is 0 Å². The molecule has 1 unspecified atom stereocenters. The lowest BCUT2D eigenvalue weighted by molar-refractivity contribution is -0.124. The quantitative estimate of drug-likeness (QED) is 0.876. The minimum Gasteiger partial charge on any atom is -0.350 e. The molecule has 1 aromatic carbocycles. The smallest absolute Gasteiger partial charge is 0.237 e. The fourth-order valence-electron chi connectivity index (χ4n) is 1.95. The normalized spacial score (nSPS) is 13.2. The summed E-state index contributed by atoms with van der Waals surface area (Å²) in [6.45, 7) is 12.8. The molecule has 0 aromatic heterocycles. The molecule has 0 aliphatic carbocycles. The van der Waals surface area contributed by atoms with Crippen LogP contribution in [0, 0.1) is 13.8 Å². The molecule has 106 valence electrons. The number of carbonyl (C=O) groups excluding carboxylic acids is 1. The van der Waals surface area contributed by atoms with Crippen molar-refractivity contribution in [2.24, 2.45) is 0 Å². The predicted molar refractivity (Wildman–Crippen MR) is 80.1 cm³/mol. The van der Waals surface area contributed by atoms with Crippen LogP contribution in [0.15, 0.2) is 18.2 Å². The molecule has 1 amide bonds. The molecule has 1 atom stereocenters. The third-order valence-corrected chi connectivity index (χ3v) is 3.12. The zero-order valence-electron chi connectivity index (χ0n) is 12.9. The van der Waals surface area contributed by atoms with Crippen molar-refractivity contribution in [3.05, 3.63) is 34.9 Å². The Morgan fingerprint density at radius 2 is 1.74 bits per heavy atom. The predicted octanol–water partition coefficient (Wildman–Crippen LogP) is 2.70. The van der Waals surface area contributed by atoms with Crippen molar-refractivity contribution >= 4 is 5.91 Å². The number of carbonyl (C=O) groups is 1. The highest BCUT2D eigenvalue weighted by Gasteiger charge is 2.18. The van der Waals surface area contributed by atoms with E-state index in [1.807, 2.05) is 27.7 Å². The summed E-state index contributed by atoms with van der Waals surface area (Å²) in [4.78, 5) is 12.0. The Balaban J connectivity index is 2.59. The van der Waals surface area contributed by atoms with Gasteiger partial charge in [-0.3, -0.25) is 4.79 Å². The summed E-state index contributed by atoms with van der Waals surface area (Å²) >= 11 is 0. The first-order valence-electron chi connectivity index (χ1n) is 6.81. The second-order valence-corrected chi connectivity index (χ2v) is 6.21. The second-order valence-electron chi connectivity index (χ2n) is 6.21. The summed E-state index contributed by atoms with van der Waals surface area (Å²) in [6.07, 6.45) is 0. The van der Waals surface area contributed by atoms with Gasteiger partial charge in [0.1, 0.15) is 0 Å². The molecular formula is C16H26N2O. The van der Waals surface area contributed by atoms with Crippen molar-refractivity contribution in [3.8, 4) is 0 Å². The van der Waals surface area contributed by atoms with E-state index in [1.165, 1.54) is 16.7 Å². The van der Waals surface area contributed by atoms with Crippen molar-refractivity contribution < 1.29 is 4.79 Å². The maximum absolute atomic E-state index is 12.0. The van der Waals surface area contributed by atoms with Crippen molar-refractivity contribution in [2.75, 3.05) is 0 Å². The highest BCUT2D eigenvalue weighted by atomic mass is 16.2. The molecule has 1 aromatic rings. The van der Waals surface area contributed by atoms with Gasteiger partial charge in [-0.2, -0.15) is 0 Å². The van der Waals surface area contributed by atoms with Crippen LogP contribution in [-0.4, -0.2) is 17.5 Å². The Kier molecular flexibility index (Phi) is 5.12. The van der Waals surface area contributed by atoms with E-state index < -0.39 is 0 Å². The van der Waals surface area contributed by atoms with Gasteiger partial charge in [0.2, 0.25) is 5.91 Å². The number of rotatable bonds is 4. The van der Waals surface area contributed by atoms with Crippen LogP contribution in [0.3, 0.4) is 0 Å². The van der Waals surface area contributed by atoms with Crippen LogP contribution in [-0.2, 0) is 11.3 Å². The van der Waals surface area contributed by atoms with Gasteiger partial charge in [0.25, 0.3) is 0 Å². The van der Waals surface area contributed by atoms with Crippen molar-refractivity contribution in [1.29, 1.82) is 0 Å². The average molecular weight is 262 g/mol. The van der Waals surface area contributed by atoms with E-state index in [0.717, 1.165) is 6.54 Å². The molecule has 0 heterocycles. The van der Waals surface area contributed by atoms with E-state index in [-0.39, 0.29) is 17.5 Å². The molecule has 2 N–H and O–H groups in total. The fourth-order valence-corrected chi connectivity index (χ4v) is 1.95. The van der Waals surface area contributed by atoms with Crippen LogP contribution in [0.4, 0.5) is 0 Å². The van der Waals surface area contributed by atoms with Gasteiger partial charge >= 0.3 is 0 Å². The number of hydrogen-bond acceptors (Lipinski definition) is 2. The van der Waals surface area contributed by atoms with Gasteiger partial charge in [-0.15, -0.1) is 0 Å². The first-order valence-corrected chi connectivity index (χ1v) is 6.81. The molecule has 0 spiro atoms. The third-order valence-electron chi connectivity index (χ3n) is 3.12. The highest BCUT2D eigenvalue weighted by Crippen LogP contribution is 2.13. The molecule has 0 radical (unpaired) electrons. The van der Waals surface area contributed by atoms with Gasteiger partial charge in [-0.25, -0.2) is 0 Å². The first kappa shape index (κ1) is 15.7. The lowest BCUT2D eigenvalue weighted by Crippen LogP contribution is -2.49. The van der Waals surface area contributed by atoms with Crippen LogP contribution in [0.1, 0.15) is 44.4 Å². The number of amides is 1. The van der Waals surface area contributed by atoms with Crippen LogP contribution >= 0.6 is 0 Å². The molecule has 0 aliphatic heterocycles. The maximum atomic E-state index is 12.0. The molecule has 3 nitrogen and oxygen atoms in total. The summed E-state index contributed by atoms with van der Waals surface area (Å²) < 4.78 is 0. The molecule has 3 heteroatoms. The van der Waals surface area contributed by atoms with Crippen molar-refractivity contribution in [2.45, 2.75) is 59.7 Å². The molecule has 0 fully saturated rings. The van der Waals surface area contributed by atoms with E-state index in [4.69, 9.17) is 0 Å². The number of aryl methyl sites for hydroxylation is 2. The van der Waals surface area contributed by atoms with Crippen molar-refractivity contribution in [3.63, 3.8) is 0 Å². The Morgan fingerprint density at radius 3 is 2.21 bits per heavy atom. The van der Waals surface area contributed by atoms with E-state index in [1.54, 1.807) is 0 Å². The highest BCUT2D eigenvalue weighted by molar-refractivity contribution is 5.81. The lowest BCUT2D eigenvalue weighted by Gasteiger charge is -2.24. The fraction of sp³-hybridized carbons (Fsp3) is 0.562. The van der Waals surface area contributed by atoms with Crippen molar-refractivity contribution in [1.82, 2.24) is 10.6 Å². The molecular weight excluding hydrogens is 236 g/mol. The third kappa shape index (κ3) is 5.03. The molecule has 0 aliphatic rings. The van der Waals surface area contributed by atoms with Crippen LogP contribution in [0.25, 0.3) is 0 Å². The van der Waals surface area contributed by atoms with Crippen LogP contribution in [0.5, 0.6) is 0 Å². The Hall–Kier alpha value is -1.35. The van der Waals surface area contributed by atoms with Gasteiger partial charge < -0.3 is 10.6 Å². The zero-order valence-corrected chi connectivity index (χ0v) is 12.9. The van der Waals surface area contributed by atoms with E-state index in [2.05, 4.69) is 42.7 Å². The van der Waals surface area contributed by atoms with Gasteiger partial charge in [-0.05, 0) is 58.2 Å². The van der Waals surface area contributed by atoms with Gasteiger partial charge in [-0.1, -0.05) is 18.2 Å². The topological polar surface area (TPSA) is 41.1 Å².